The lowest BCUT2D eigenvalue weighted by molar-refractivity contribution is 0.0206. The summed E-state index contributed by atoms with van der Waals surface area (Å²) in [6.07, 6.45) is 4.51. The van der Waals surface area contributed by atoms with Crippen LogP contribution in [0.5, 0.6) is 11.6 Å². The molecule has 0 saturated carbocycles. The highest BCUT2D eigenvalue weighted by Gasteiger charge is 2.28. The molecule has 0 aliphatic carbocycles. The van der Waals surface area contributed by atoms with Crippen LogP contribution in [-0.4, -0.2) is 64.1 Å². The lowest BCUT2D eigenvalue weighted by Gasteiger charge is -2.34. The summed E-state index contributed by atoms with van der Waals surface area (Å²) in [5.74, 6) is -0.105. The SMILES string of the molecule is Cc1nc(CS(=O)(=O)Nc2c(F)ccc3c(Oc4ncccc4-c4ccnc(NC5CCCN(C(=O)OC(C)(C)C)C5)n4)c(C)ccc23)cs1. The zero-order valence-corrected chi connectivity index (χ0v) is 30.0. The smallest absolute Gasteiger partial charge is 0.410 e. The lowest BCUT2D eigenvalue weighted by Crippen LogP contribution is -2.47. The Morgan fingerprint density at radius 3 is 2.62 bits per heavy atom. The maximum atomic E-state index is 15.2. The molecule has 0 radical (unpaired) electrons. The molecule has 2 aromatic carbocycles. The highest BCUT2D eigenvalue weighted by molar-refractivity contribution is 7.91. The van der Waals surface area contributed by atoms with E-state index in [1.165, 1.54) is 17.4 Å². The number of nitrogens with one attached hydrogen (secondary N) is 2. The number of anilines is 2. The molecule has 6 rings (SSSR count). The van der Waals surface area contributed by atoms with Crippen molar-refractivity contribution in [2.45, 2.75) is 64.9 Å². The molecule has 5 aromatic rings. The number of rotatable bonds is 9. The molecular weight excluding hydrogens is 682 g/mol. The number of thiazole rings is 1. The van der Waals surface area contributed by atoms with Crippen LogP contribution in [0.3, 0.4) is 0 Å². The molecule has 4 heterocycles. The second kappa shape index (κ2) is 14.2. The van der Waals surface area contributed by atoms with Gasteiger partial charge < -0.3 is 19.7 Å². The third-order valence-corrected chi connectivity index (χ3v) is 9.88. The number of fused-ring (bicyclic) bond motifs is 1. The number of likely N-dealkylation sites (tertiary alicyclic amines) is 1. The first kappa shape index (κ1) is 35.0. The van der Waals surface area contributed by atoms with Crippen LogP contribution in [0.15, 0.2) is 60.2 Å². The number of ether oxygens (including phenoxy) is 2. The molecule has 1 aliphatic rings. The Morgan fingerprint density at radius 1 is 1.06 bits per heavy atom. The summed E-state index contributed by atoms with van der Waals surface area (Å²) in [5, 5.41) is 6.58. The van der Waals surface area contributed by atoms with Gasteiger partial charge in [0.1, 0.15) is 22.9 Å². The average molecular weight is 720 g/mol. The molecule has 1 amide bonds. The van der Waals surface area contributed by atoms with Crippen molar-refractivity contribution in [3.8, 4) is 22.9 Å². The molecule has 2 N–H and O–H groups in total. The fraction of sp³-hybridized carbons (Fsp3) is 0.343. The minimum Gasteiger partial charge on any atom is -0.444 e. The molecule has 1 unspecified atom stereocenters. The number of carbonyl (C=O) groups is 1. The number of benzene rings is 2. The van der Waals surface area contributed by atoms with Gasteiger partial charge in [-0.1, -0.05) is 12.1 Å². The Hall–Kier alpha value is -4.89. The van der Waals surface area contributed by atoms with E-state index in [4.69, 9.17) is 14.5 Å². The Morgan fingerprint density at radius 2 is 1.86 bits per heavy atom. The van der Waals surface area contributed by atoms with Gasteiger partial charge in [0.05, 0.1) is 27.6 Å². The molecule has 1 aliphatic heterocycles. The number of amides is 1. The summed E-state index contributed by atoms with van der Waals surface area (Å²) in [4.78, 5) is 32.3. The van der Waals surface area contributed by atoms with Crippen LogP contribution in [0.2, 0.25) is 0 Å². The largest absolute Gasteiger partial charge is 0.444 e. The van der Waals surface area contributed by atoms with Crippen molar-refractivity contribution in [3.63, 3.8) is 0 Å². The van der Waals surface area contributed by atoms with Crippen LogP contribution in [0.4, 0.5) is 20.8 Å². The Bertz CT molecular complexity index is 2150. The monoisotopic (exact) mass is 719 g/mol. The van der Waals surface area contributed by atoms with Crippen molar-refractivity contribution in [2.24, 2.45) is 0 Å². The summed E-state index contributed by atoms with van der Waals surface area (Å²) >= 11 is 1.34. The summed E-state index contributed by atoms with van der Waals surface area (Å²) in [6, 6.07) is 11.4. The molecule has 1 saturated heterocycles. The van der Waals surface area contributed by atoms with Crippen molar-refractivity contribution in [2.75, 3.05) is 23.1 Å². The summed E-state index contributed by atoms with van der Waals surface area (Å²) < 4.78 is 55.8. The van der Waals surface area contributed by atoms with Crippen molar-refractivity contribution in [1.82, 2.24) is 24.8 Å². The Balaban J connectivity index is 1.25. The number of aryl methyl sites for hydroxylation is 2. The van der Waals surface area contributed by atoms with Crippen LogP contribution < -0.4 is 14.8 Å². The highest BCUT2D eigenvalue weighted by Crippen LogP contribution is 2.40. The standard InChI is InChI=1S/C35H38FN7O5S2/c1-21-10-11-25-26(12-13-28(36)30(25)42-50(45,46)20-24-19-49-22(2)39-24)31(21)47-32-27(9-6-15-37-32)29-14-16-38-33(41-29)40-23-8-7-17-43(18-23)34(44)48-35(3,4)5/h6,9-16,19,23,42H,7-8,17-18,20H2,1-5H3,(H,38,40,41). The number of sulfonamides is 1. The van der Waals surface area contributed by atoms with E-state index in [9.17, 15) is 13.2 Å². The van der Waals surface area contributed by atoms with Gasteiger partial charge in [-0.3, -0.25) is 4.72 Å². The Kier molecular flexibility index (Phi) is 9.89. The number of hydrogen-bond donors (Lipinski definition) is 2. The maximum Gasteiger partial charge on any atom is 0.410 e. The molecule has 0 spiro atoms. The number of piperidine rings is 1. The van der Waals surface area contributed by atoms with Gasteiger partial charge in [0.2, 0.25) is 21.9 Å². The first-order chi connectivity index (χ1) is 23.7. The second-order valence-corrected chi connectivity index (χ2v) is 15.9. The molecular formula is C35H38FN7O5S2. The molecule has 3 aromatic heterocycles. The fourth-order valence-electron chi connectivity index (χ4n) is 5.67. The topological polar surface area (TPSA) is 149 Å². The average Bonchev–Trinajstić information content (AvgIpc) is 3.46. The first-order valence-electron chi connectivity index (χ1n) is 16.1. The van der Waals surface area contributed by atoms with Crippen molar-refractivity contribution >= 4 is 49.9 Å². The minimum absolute atomic E-state index is 0.0768. The lowest BCUT2D eigenvalue weighted by atomic mass is 10.0. The van der Waals surface area contributed by atoms with E-state index in [1.807, 2.05) is 33.8 Å². The molecule has 0 bridgehead atoms. The van der Waals surface area contributed by atoms with Crippen LogP contribution in [0.1, 0.15) is 49.9 Å². The Labute approximate surface area is 294 Å². The third kappa shape index (κ3) is 8.28. The number of aromatic nitrogens is 4. The van der Waals surface area contributed by atoms with Crippen LogP contribution in [0, 0.1) is 19.7 Å². The first-order valence-corrected chi connectivity index (χ1v) is 18.6. The zero-order valence-electron chi connectivity index (χ0n) is 28.4. The van der Waals surface area contributed by atoms with Crippen molar-refractivity contribution < 1.29 is 27.1 Å². The van der Waals surface area contributed by atoms with E-state index in [2.05, 4.69) is 25.0 Å². The van der Waals surface area contributed by atoms with Crippen molar-refractivity contribution in [1.29, 1.82) is 0 Å². The van der Waals surface area contributed by atoms with E-state index in [0.29, 0.717) is 52.5 Å². The number of pyridine rings is 1. The predicted molar refractivity (Wildman–Crippen MR) is 192 cm³/mol. The van der Waals surface area contributed by atoms with Gasteiger partial charge in [0.15, 0.2) is 0 Å². The van der Waals surface area contributed by atoms with Gasteiger partial charge in [0.25, 0.3) is 0 Å². The number of halogens is 1. The highest BCUT2D eigenvalue weighted by atomic mass is 32.2. The normalized spacial score (nSPS) is 15.2. The van der Waals surface area contributed by atoms with Gasteiger partial charge in [-0.15, -0.1) is 11.3 Å². The van der Waals surface area contributed by atoms with E-state index in [-0.39, 0.29) is 23.7 Å². The van der Waals surface area contributed by atoms with E-state index < -0.39 is 27.2 Å². The number of nitrogens with zero attached hydrogens (tertiary/aromatic N) is 5. The molecule has 1 fully saturated rings. The molecule has 262 valence electrons. The zero-order chi connectivity index (χ0) is 35.6. The second-order valence-electron chi connectivity index (χ2n) is 13.1. The minimum atomic E-state index is -3.99. The molecule has 15 heteroatoms. The maximum absolute atomic E-state index is 15.2. The van der Waals surface area contributed by atoms with E-state index >= 15 is 4.39 Å². The van der Waals surface area contributed by atoms with E-state index in [0.717, 1.165) is 23.4 Å². The predicted octanol–water partition coefficient (Wildman–Crippen LogP) is 7.45. The van der Waals surface area contributed by atoms with Crippen LogP contribution >= 0.6 is 11.3 Å². The van der Waals surface area contributed by atoms with Crippen LogP contribution in [0.25, 0.3) is 22.0 Å². The van der Waals surface area contributed by atoms with Gasteiger partial charge in [-0.2, -0.15) is 0 Å². The third-order valence-electron chi connectivity index (χ3n) is 7.87. The summed E-state index contributed by atoms with van der Waals surface area (Å²) in [5.41, 5.74) is 1.47. The number of hydrogen-bond acceptors (Lipinski definition) is 11. The molecule has 50 heavy (non-hydrogen) atoms. The van der Waals surface area contributed by atoms with Gasteiger partial charge in [-0.25, -0.2) is 37.5 Å². The van der Waals surface area contributed by atoms with Crippen LogP contribution in [-0.2, 0) is 20.5 Å². The fourth-order valence-corrected chi connectivity index (χ4v) is 7.52. The quantitative estimate of drug-likeness (QED) is 0.157. The molecule has 1 atom stereocenters. The van der Waals surface area contributed by atoms with Gasteiger partial charge in [0, 0.05) is 47.7 Å². The van der Waals surface area contributed by atoms with Gasteiger partial charge in [-0.05, 0) is 83.4 Å². The van der Waals surface area contributed by atoms with Gasteiger partial charge >= 0.3 is 6.09 Å². The summed E-state index contributed by atoms with van der Waals surface area (Å²) in [7, 11) is -3.99. The summed E-state index contributed by atoms with van der Waals surface area (Å²) in [6.45, 7) is 10.2. The molecule has 12 nitrogen and oxygen atoms in total. The van der Waals surface area contributed by atoms with Crippen molar-refractivity contribution in [3.05, 3.63) is 82.3 Å². The van der Waals surface area contributed by atoms with E-state index in [1.54, 1.807) is 59.9 Å². The number of carbonyl (C=O) groups excluding carboxylic acids is 1.